The van der Waals surface area contributed by atoms with E-state index in [0.29, 0.717) is 18.2 Å². The molecule has 0 spiro atoms. The van der Waals surface area contributed by atoms with Gasteiger partial charge in [-0.3, -0.25) is 4.79 Å². The van der Waals surface area contributed by atoms with E-state index in [1.807, 2.05) is 32.0 Å². The lowest BCUT2D eigenvalue weighted by molar-refractivity contribution is -0.127. The minimum atomic E-state index is -0.618. The fourth-order valence-electron chi connectivity index (χ4n) is 1.62. The molecule has 1 N–H and O–H groups in total. The van der Waals surface area contributed by atoms with E-state index in [0.717, 1.165) is 5.56 Å². The number of hydrogen-bond donors (Lipinski definition) is 1. The second kappa shape index (κ2) is 7.48. The molecule has 1 amide bonds. The molecule has 1 aromatic rings. The van der Waals surface area contributed by atoms with Crippen molar-refractivity contribution in [2.45, 2.75) is 19.4 Å². The van der Waals surface area contributed by atoms with Crippen LogP contribution in [0.4, 0.5) is 0 Å². The number of nitrogens with one attached hydrogen (secondary N) is 1. The predicted molar refractivity (Wildman–Crippen MR) is 75.3 cm³/mol. The molecule has 5 heteroatoms. The molecular weight excluding hydrogens is 266 g/mol. The summed E-state index contributed by atoms with van der Waals surface area (Å²) in [6.45, 7) is 4.68. The zero-order chi connectivity index (χ0) is 14.3. The highest BCUT2D eigenvalue weighted by Crippen LogP contribution is 2.26. The van der Waals surface area contributed by atoms with Crippen molar-refractivity contribution in [3.05, 3.63) is 34.9 Å². The average Bonchev–Trinajstić information content (AvgIpc) is 2.42. The van der Waals surface area contributed by atoms with Gasteiger partial charge in [0, 0.05) is 18.7 Å². The van der Waals surface area contributed by atoms with Crippen molar-refractivity contribution in [2.75, 3.05) is 26.9 Å². The topological polar surface area (TPSA) is 47.6 Å². The van der Waals surface area contributed by atoms with Crippen molar-refractivity contribution in [2.24, 2.45) is 0 Å². The molecule has 106 valence electrons. The first-order valence-electron chi connectivity index (χ1n) is 6.17. The Morgan fingerprint density at radius 1 is 1.47 bits per heavy atom. The summed E-state index contributed by atoms with van der Waals surface area (Å²) in [5, 5.41) is 3.44. The quantitative estimate of drug-likeness (QED) is 0.836. The number of benzene rings is 1. The van der Waals surface area contributed by atoms with Crippen LogP contribution in [-0.2, 0) is 19.9 Å². The molecule has 0 radical (unpaired) electrons. The second-order valence-electron chi connectivity index (χ2n) is 4.36. The summed E-state index contributed by atoms with van der Waals surface area (Å²) in [4.78, 5) is 11.5. The monoisotopic (exact) mass is 285 g/mol. The van der Waals surface area contributed by atoms with Crippen molar-refractivity contribution in [3.63, 3.8) is 0 Å². The maximum absolute atomic E-state index is 11.5. The van der Waals surface area contributed by atoms with Crippen molar-refractivity contribution >= 4 is 17.5 Å². The summed E-state index contributed by atoms with van der Waals surface area (Å²) >= 11 is 5.98. The van der Waals surface area contributed by atoms with Gasteiger partial charge >= 0.3 is 0 Å². The summed E-state index contributed by atoms with van der Waals surface area (Å²) < 4.78 is 10.6. The summed E-state index contributed by atoms with van der Waals surface area (Å²) in [5.41, 5.74) is 0.298. The largest absolute Gasteiger partial charge is 0.372 e. The Kier molecular flexibility index (Phi) is 6.28. The van der Waals surface area contributed by atoms with Crippen LogP contribution in [0, 0.1) is 0 Å². The van der Waals surface area contributed by atoms with Gasteiger partial charge in [-0.15, -0.1) is 0 Å². The van der Waals surface area contributed by atoms with Gasteiger partial charge in [-0.2, -0.15) is 0 Å². The molecule has 0 saturated carbocycles. The highest BCUT2D eigenvalue weighted by atomic mass is 35.5. The molecule has 0 aliphatic carbocycles. The van der Waals surface area contributed by atoms with E-state index >= 15 is 0 Å². The van der Waals surface area contributed by atoms with Crippen LogP contribution in [0.1, 0.15) is 19.4 Å². The van der Waals surface area contributed by atoms with Crippen LogP contribution in [0.2, 0.25) is 5.02 Å². The molecule has 0 fully saturated rings. The molecule has 0 heterocycles. The SMILES string of the molecule is CCOCC(=O)NCC(C)(OC)c1cccc(Cl)c1. The molecule has 1 aromatic carbocycles. The van der Waals surface area contributed by atoms with Gasteiger partial charge in [0.25, 0.3) is 0 Å². The van der Waals surface area contributed by atoms with Gasteiger partial charge in [0.1, 0.15) is 12.2 Å². The van der Waals surface area contributed by atoms with Crippen molar-refractivity contribution in [1.82, 2.24) is 5.32 Å². The van der Waals surface area contributed by atoms with Crippen LogP contribution in [0.5, 0.6) is 0 Å². The molecule has 0 aliphatic rings. The third kappa shape index (κ3) is 4.82. The van der Waals surface area contributed by atoms with Gasteiger partial charge < -0.3 is 14.8 Å². The van der Waals surface area contributed by atoms with Gasteiger partial charge in [-0.25, -0.2) is 0 Å². The number of carbonyl (C=O) groups excluding carboxylic acids is 1. The van der Waals surface area contributed by atoms with E-state index in [9.17, 15) is 4.79 Å². The number of halogens is 1. The maximum Gasteiger partial charge on any atom is 0.246 e. The lowest BCUT2D eigenvalue weighted by Gasteiger charge is -2.29. The zero-order valence-electron chi connectivity index (χ0n) is 11.5. The van der Waals surface area contributed by atoms with E-state index in [2.05, 4.69) is 5.32 Å². The third-order valence-electron chi connectivity index (χ3n) is 2.95. The summed E-state index contributed by atoms with van der Waals surface area (Å²) in [7, 11) is 1.61. The van der Waals surface area contributed by atoms with Crippen LogP contribution < -0.4 is 5.32 Å². The molecule has 0 aliphatic heterocycles. The summed E-state index contributed by atoms with van der Waals surface area (Å²) in [6, 6.07) is 7.41. The highest BCUT2D eigenvalue weighted by molar-refractivity contribution is 6.30. The molecule has 1 rings (SSSR count). The van der Waals surface area contributed by atoms with Gasteiger partial charge in [-0.1, -0.05) is 23.7 Å². The number of ether oxygens (including phenoxy) is 2. The van der Waals surface area contributed by atoms with Crippen LogP contribution in [-0.4, -0.2) is 32.8 Å². The minimum absolute atomic E-state index is 0.0613. The third-order valence-corrected chi connectivity index (χ3v) is 3.18. The highest BCUT2D eigenvalue weighted by Gasteiger charge is 2.27. The Bertz CT molecular complexity index is 425. The Morgan fingerprint density at radius 3 is 2.79 bits per heavy atom. The molecule has 19 heavy (non-hydrogen) atoms. The van der Waals surface area contributed by atoms with Crippen LogP contribution in [0.3, 0.4) is 0 Å². The van der Waals surface area contributed by atoms with E-state index in [1.54, 1.807) is 13.2 Å². The predicted octanol–water partition coefficient (Wildman–Crippen LogP) is 2.35. The Hall–Kier alpha value is -1.10. The van der Waals surface area contributed by atoms with Crippen molar-refractivity contribution < 1.29 is 14.3 Å². The number of methoxy groups -OCH3 is 1. The Labute approximate surface area is 119 Å². The first-order valence-corrected chi connectivity index (χ1v) is 6.55. The van der Waals surface area contributed by atoms with Crippen LogP contribution in [0.15, 0.2) is 24.3 Å². The van der Waals surface area contributed by atoms with Gasteiger partial charge in [0.05, 0.1) is 6.54 Å². The molecular formula is C14H20ClNO3. The van der Waals surface area contributed by atoms with E-state index in [-0.39, 0.29) is 12.5 Å². The minimum Gasteiger partial charge on any atom is -0.372 e. The molecule has 1 atom stereocenters. The Balaban J connectivity index is 2.68. The van der Waals surface area contributed by atoms with E-state index in [4.69, 9.17) is 21.1 Å². The van der Waals surface area contributed by atoms with Crippen molar-refractivity contribution in [1.29, 1.82) is 0 Å². The first-order chi connectivity index (χ1) is 9.01. The van der Waals surface area contributed by atoms with Crippen LogP contribution >= 0.6 is 11.6 Å². The first kappa shape index (κ1) is 16.0. The standard InChI is InChI=1S/C14H20ClNO3/c1-4-19-9-13(17)16-10-14(2,18-3)11-6-5-7-12(15)8-11/h5-8H,4,9-10H2,1-3H3,(H,16,17). The molecule has 0 bridgehead atoms. The fraction of sp³-hybridized carbons (Fsp3) is 0.500. The molecule has 0 saturated heterocycles. The van der Waals surface area contributed by atoms with Gasteiger partial charge in [0.15, 0.2) is 0 Å². The number of carbonyl (C=O) groups is 1. The van der Waals surface area contributed by atoms with Crippen LogP contribution in [0.25, 0.3) is 0 Å². The number of hydrogen-bond acceptors (Lipinski definition) is 3. The van der Waals surface area contributed by atoms with E-state index < -0.39 is 5.60 Å². The molecule has 0 aromatic heterocycles. The zero-order valence-corrected chi connectivity index (χ0v) is 12.3. The normalized spacial score (nSPS) is 13.9. The molecule has 1 unspecified atom stereocenters. The second-order valence-corrected chi connectivity index (χ2v) is 4.80. The van der Waals surface area contributed by atoms with Crippen molar-refractivity contribution in [3.8, 4) is 0 Å². The average molecular weight is 286 g/mol. The summed E-state index contributed by atoms with van der Waals surface area (Å²) in [6.07, 6.45) is 0. The lowest BCUT2D eigenvalue weighted by Crippen LogP contribution is -2.41. The molecule has 4 nitrogen and oxygen atoms in total. The Morgan fingerprint density at radius 2 is 2.21 bits per heavy atom. The number of rotatable bonds is 7. The summed E-state index contributed by atoms with van der Waals surface area (Å²) in [5.74, 6) is -0.160. The maximum atomic E-state index is 11.5. The van der Waals surface area contributed by atoms with Gasteiger partial charge in [0.2, 0.25) is 5.91 Å². The lowest BCUT2D eigenvalue weighted by atomic mass is 9.95. The fourth-order valence-corrected chi connectivity index (χ4v) is 1.81. The van der Waals surface area contributed by atoms with Gasteiger partial charge in [-0.05, 0) is 31.5 Å². The number of amides is 1. The smallest absolute Gasteiger partial charge is 0.246 e. The van der Waals surface area contributed by atoms with E-state index in [1.165, 1.54) is 0 Å².